The molecular weight excluding hydrogens is 400 g/mol. The molecule has 11 heteroatoms. The van der Waals surface area contributed by atoms with Gasteiger partial charge in [-0.1, -0.05) is 44.9 Å². The van der Waals surface area contributed by atoms with Crippen molar-refractivity contribution >= 4 is 29.0 Å². The monoisotopic (exact) mass is 438 g/mol. The first-order chi connectivity index (χ1) is 13.1. The number of hydrogen-bond acceptors (Lipinski definition) is 9. The second kappa shape index (κ2) is 17.6. The van der Waals surface area contributed by atoms with Crippen LogP contribution in [0.2, 0.25) is 0 Å². The average Bonchev–Trinajstić information content (AvgIpc) is 2.68. The van der Waals surface area contributed by atoms with Crippen molar-refractivity contribution in [1.82, 2.24) is 0 Å². The Bertz CT molecular complexity index is 414. The maximum Gasteiger partial charge on any atom is 0.335 e. The molecule has 0 saturated heterocycles. The third-order valence-corrected chi connectivity index (χ3v) is 4.78. The molecule has 0 aromatic rings. The normalized spacial score (nSPS) is 18.8. The van der Waals surface area contributed by atoms with Gasteiger partial charge in [-0.2, -0.15) is 0 Å². The first-order valence-corrected chi connectivity index (χ1v) is 9.75. The van der Waals surface area contributed by atoms with Crippen molar-refractivity contribution in [1.29, 1.82) is 0 Å². The summed E-state index contributed by atoms with van der Waals surface area (Å²) in [5, 5.41) is 85.0. The molecular formula is C18H38MgO10. The molecule has 0 aliphatic heterocycles. The number of aliphatic carboxylic acids is 1. The lowest BCUT2D eigenvalue weighted by Crippen LogP contribution is -2.55. The molecule has 172 valence electrons. The second-order valence-electron chi connectivity index (χ2n) is 7.14. The van der Waals surface area contributed by atoms with Crippen LogP contribution in [0.25, 0.3) is 0 Å². The number of rotatable bonds is 17. The number of carboxylic acids is 1. The fraction of sp³-hybridized carbons (Fsp3) is 0.944. The van der Waals surface area contributed by atoms with Crippen LogP contribution in [0.3, 0.4) is 0 Å². The SMILES string of the molecule is O=C(O)C(O)C(O)C(O)C(O)C(O)C(O)C(O)CCCCCCCCCCO.[MgH2]. The fourth-order valence-electron chi connectivity index (χ4n) is 2.86. The maximum absolute atomic E-state index is 10.6. The molecule has 0 spiro atoms. The lowest BCUT2D eigenvalue weighted by atomic mass is 9.92. The van der Waals surface area contributed by atoms with Crippen LogP contribution in [0, 0.1) is 0 Å². The van der Waals surface area contributed by atoms with Crippen molar-refractivity contribution in [3.05, 3.63) is 0 Å². The van der Waals surface area contributed by atoms with Crippen molar-refractivity contribution in [3.63, 3.8) is 0 Å². The Hall–Kier alpha value is -0.0838. The van der Waals surface area contributed by atoms with E-state index in [-0.39, 0.29) is 36.1 Å². The van der Waals surface area contributed by atoms with E-state index < -0.39 is 48.7 Å². The zero-order valence-corrected chi connectivity index (χ0v) is 16.0. The minimum Gasteiger partial charge on any atom is -0.479 e. The van der Waals surface area contributed by atoms with Crippen LogP contribution in [0.5, 0.6) is 0 Å². The number of aliphatic hydroxyl groups is 8. The predicted molar refractivity (Wildman–Crippen MR) is 107 cm³/mol. The lowest BCUT2D eigenvalue weighted by molar-refractivity contribution is -0.179. The van der Waals surface area contributed by atoms with Gasteiger partial charge in [0.25, 0.3) is 0 Å². The third kappa shape index (κ3) is 12.4. The minimum atomic E-state index is -2.39. The molecule has 9 N–H and O–H groups in total. The van der Waals surface area contributed by atoms with Crippen LogP contribution in [-0.4, -0.2) is 124 Å². The number of carboxylic acid groups (broad SMARTS) is 1. The van der Waals surface area contributed by atoms with Gasteiger partial charge >= 0.3 is 29.0 Å². The summed E-state index contributed by atoms with van der Waals surface area (Å²) < 4.78 is 0. The molecule has 0 fully saturated rings. The van der Waals surface area contributed by atoms with Crippen molar-refractivity contribution in [3.8, 4) is 0 Å². The number of aliphatic hydroxyl groups excluding tert-OH is 8. The van der Waals surface area contributed by atoms with E-state index in [9.17, 15) is 35.4 Å². The molecule has 0 radical (unpaired) electrons. The highest BCUT2D eigenvalue weighted by atomic mass is 24.3. The molecule has 0 rings (SSSR count). The third-order valence-electron chi connectivity index (χ3n) is 4.78. The van der Waals surface area contributed by atoms with E-state index in [2.05, 4.69) is 0 Å². The summed E-state index contributed by atoms with van der Waals surface area (Å²) >= 11 is 0. The summed E-state index contributed by atoms with van der Waals surface area (Å²) in [6.45, 7) is 0.205. The average molecular weight is 439 g/mol. The molecule has 10 nitrogen and oxygen atoms in total. The molecule has 0 bridgehead atoms. The van der Waals surface area contributed by atoms with Gasteiger partial charge in [0.05, 0.1) is 6.10 Å². The molecule has 0 aliphatic carbocycles. The quantitative estimate of drug-likeness (QED) is 0.0842. The van der Waals surface area contributed by atoms with Crippen molar-refractivity contribution < 1.29 is 50.8 Å². The van der Waals surface area contributed by atoms with Gasteiger partial charge in [-0.05, 0) is 12.8 Å². The highest BCUT2D eigenvalue weighted by molar-refractivity contribution is 5.75. The summed E-state index contributed by atoms with van der Waals surface area (Å²) in [5.74, 6) is -1.83. The first-order valence-electron chi connectivity index (χ1n) is 9.75. The van der Waals surface area contributed by atoms with Crippen LogP contribution in [0.1, 0.15) is 57.8 Å². The van der Waals surface area contributed by atoms with Gasteiger partial charge in [-0.3, -0.25) is 0 Å². The van der Waals surface area contributed by atoms with E-state index in [0.717, 1.165) is 44.9 Å². The molecule has 0 aromatic carbocycles. The highest BCUT2D eigenvalue weighted by Crippen LogP contribution is 2.17. The Labute approximate surface area is 187 Å². The summed E-state index contributed by atoms with van der Waals surface area (Å²) in [6, 6.07) is 0. The topological polar surface area (TPSA) is 199 Å². The molecule has 0 saturated carbocycles. The Morgan fingerprint density at radius 2 is 0.966 bits per heavy atom. The Balaban J connectivity index is 0. The Morgan fingerprint density at radius 1 is 0.586 bits per heavy atom. The standard InChI is InChI=1S/C18H36O10.Mg.2H/c19-10-8-6-4-2-1-3-5-7-9-11(20)12(21)13(22)14(23)15(24)16(25)17(26)18(27)28;;;/h11-17,19-26H,1-10H2,(H,27,28);;;. The number of hydrogen-bond donors (Lipinski definition) is 9. The maximum atomic E-state index is 10.6. The summed E-state index contributed by atoms with van der Waals surface area (Å²) in [7, 11) is 0. The molecule has 0 aliphatic rings. The van der Waals surface area contributed by atoms with E-state index in [0.29, 0.717) is 6.42 Å². The van der Waals surface area contributed by atoms with Gasteiger partial charge in [-0.15, -0.1) is 0 Å². The summed E-state index contributed by atoms with van der Waals surface area (Å²) in [6.07, 6.45) is -6.98. The summed E-state index contributed by atoms with van der Waals surface area (Å²) in [5.41, 5.74) is 0. The van der Waals surface area contributed by atoms with Crippen LogP contribution in [0.15, 0.2) is 0 Å². The van der Waals surface area contributed by atoms with Crippen LogP contribution < -0.4 is 0 Å². The fourth-order valence-corrected chi connectivity index (χ4v) is 2.86. The van der Waals surface area contributed by atoms with E-state index in [1.165, 1.54) is 0 Å². The van der Waals surface area contributed by atoms with Gasteiger partial charge in [-0.25, -0.2) is 4.79 Å². The van der Waals surface area contributed by atoms with Gasteiger partial charge < -0.3 is 46.0 Å². The van der Waals surface area contributed by atoms with E-state index in [4.69, 9.17) is 15.3 Å². The predicted octanol–water partition coefficient (Wildman–Crippen LogP) is -2.82. The highest BCUT2D eigenvalue weighted by Gasteiger charge is 2.40. The Morgan fingerprint density at radius 3 is 1.41 bits per heavy atom. The van der Waals surface area contributed by atoms with Crippen LogP contribution in [0.4, 0.5) is 0 Å². The minimum absolute atomic E-state index is 0. The van der Waals surface area contributed by atoms with Crippen LogP contribution in [-0.2, 0) is 4.79 Å². The zero-order valence-electron chi connectivity index (χ0n) is 16.0. The van der Waals surface area contributed by atoms with Crippen molar-refractivity contribution in [2.75, 3.05) is 6.61 Å². The number of unbranched alkanes of at least 4 members (excludes halogenated alkanes) is 7. The van der Waals surface area contributed by atoms with Gasteiger partial charge in [0, 0.05) is 6.61 Å². The second-order valence-corrected chi connectivity index (χ2v) is 7.14. The van der Waals surface area contributed by atoms with Crippen LogP contribution >= 0.6 is 0 Å². The van der Waals surface area contributed by atoms with E-state index >= 15 is 0 Å². The molecule has 0 amide bonds. The van der Waals surface area contributed by atoms with Gasteiger partial charge in [0.15, 0.2) is 6.10 Å². The van der Waals surface area contributed by atoms with E-state index in [1.807, 2.05) is 0 Å². The first kappa shape index (κ1) is 31.1. The largest absolute Gasteiger partial charge is 0.479 e. The van der Waals surface area contributed by atoms with Crippen molar-refractivity contribution in [2.24, 2.45) is 0 Å². The molecule has 7 atom stereocenters. The molecule has 0 aromatic heterocycles. The molecule has 7 unspecified atom stereocenters. The number of carbonyl (C=O) groups is 1. The Kier molecular flexibility index (Phi) is 18.9. The smallest absolute Gasteiger partial charge is 0.335 e. The zero-order chi connectivity index (χ0) is 21.7. The molecule has 29 heavy (non-hydrogen) atoms. The van der Waals surface area contributed by atoms with Crippen molar-refractivity contribution in [2.45, 2.75) is 101 Å². The van der Waals surface area contributed by atoms with Gasteiger partial charge in [0.2, 0.25) is 0 Å². The lowest BCUT2D eigenvalue weighted by Gasteiger charge is -2.31. The summed E-state index contributed by atoms with van der Waals surface area (Å²) in [4.78, 5) is 10.6. The van der Waals surface area contributed by atoms with Gasteiger partial charge in [0.1, 0.15) is 30.5 Å². The van der Waals surface area contributed by atoms with E-state index in [1.54, 1.807) is 0 Å². The molecule has 0 heterocycles.